The number of carbonyl (C=O) groups is 4. The van der Waals surface area contributed by atoms with E-state index in [1.165, 1.54) is 25.2 Å². The van der Waals surface area contributed by atoms with E-state index in [4.69, 9.17) is 16.3 Å². The lowest BCUT2D eigenvalue weighted by Crippen LogP contribution is -2.26. The quantitative estimate of drug-likeness (QED) is 0.724. The van der Waals surface area contributed by atoms with Crippen LogP contribution >= 0.6 is 11.6 Å². The minimum absolute atomic E-state index is 0.0280. The summed E-state index contributed by atoms with van der Waals surface area (Å²) >= 11 is 6.22. The van der Waals surface area contributed by atoms with Crippen LogP contribution in [-0.2, 0) is 9.53 Å². The minimum atomic E-state index is -0.851. The minimum Gasteiger partial charge on any atom is -0.452 e. The van der Waals surface area contributed by atoms with Gasteiger partial charge in [-0.2, -0.15) is 0 Å². The Balaban J connectivity index is 2.02. The van der Waals surface area contributed by atoms with Crippen molar-refractivity contribution in [1.29, 1.82) is 0 Å². The molecule has 2 aromatic rings. The van der Waals surface area contributed by atoms with Crippen LogP contribution in [0.25, 0.3) is 0 Å². The van der Waals surface area contributed by atoms with Gasteiger partial charge in [0.05, 0.1) is 16.1 Å². The second kappa shape index (κ2) is 6.49. The molecule has 0 aromatic heterocycles. The first-order chi connectivity index (χ1) is 12.0. The van der Waals surface area contributed by atoms with Gasteiger partial charge in [0.25, 0.3) is 5.91 Å². The summed E-state index contributed by atoms with van der Waals surface area (Å²) in [5.41, 5.74) is 0.560. The number of amides is 1. The predicted octanol–water partition coefficient (Wildman–Crippen LogP) is 2.02. The Morgan fingerprint density at radius 2 is 1.64 bits per heavy atom. The summed E-state index contributed by atoms with van der Waals surface area (Å²) in [6.45, 7) is -0.474. The molecule has 0 spiro atoms. The SMILES string of the molecule is CNC(=O)COC(=O)c1ccc2c(c1Cl)C(=O)c1ccccc1C2=O. The molecule has 1 amide bonds. The van der Waals surface area contributed by atoms with E-state index in [0.717, 1.165) is 0 Å². The van der Waals surface area contributed by atoms with Crippen molar-refractivity contribution in [1.82, 2.24) is 5.32 Å². The molecule has 2 aromatic carbocycles. The number of rotatable bonds is 3. The highest BCUT2D eigenvalue weighted by Crippen LogP contribution is 2.34. The van der Waals surface area contributed by atoms with Crippen molar-refractivity contribution in [3.8, 4) is 0 Å². The van der Waals surface area contributed by atoms with Crippen molar-refractivity contribution >= 4 is 35.0 Å². The van der Waals surface area contributed by atoms with Gasteiger partial charge in [-0.1, -0.05) is 35.9 Å². The third-order valence-corrected chi connectivity index (χ3v) is 4.26. The van der Waals surface area contributed by atoms with E-state index in [2.05, 4.69) is 5.32 Å². The van der Waals surface area contributed by atoms with E-state index in [0.29, 0.717) is 5.56 Å². The highest BCUT2D eigenvalue weighted by molar-refractivity contribution is 6.41. The molecule has 0 saturated heterocycles. The molecule has 3 rings (SSSR count). The van der Waals surface area contributed by atoms with E-state index >= 15 is 0 Å². The molecule has 0 radical (unpaired) electrons. The van der Waals surface area contributed by atoms with Gasteiger partial charge in [0.1, 0.15) is 0 Å². The number of fused-ring (bicyclic) bond motifs is 2. The standard InChI is InChI=1S/C18H12ClNO5/c1-20-13(21)8-25-18(24)12-7-6-11-14(15(12)19)17(23)10-5-3-2-4-9(10)16(11)22/h2-7H,8H2,1H3,(H,20,21). The number of nitrogens with one attached hydrogen (secondary N) is 1. The topological polar surface area (TPSA) is 89.5 Å². The van der Waals surface area contributed by atoms with Gasteiger partial charge in [-0.3, -0.25) is 14.4 Å². The van der Waals surface area contributed by atoms with E-state index in [1.807, 2.05) is 0 Å². The Hall–Kier alpha value is -2.99. The first-order valence-electron chi connectivity index (χ1n) is 7.34. The van der Waals surface area contributed by atoms with Crippen LogP contribution < -0.4 is 5.32 Å². The molecule has 25 heavy (non-hydrogen) atoms. The third kappa shape index (κ3) is 2.81. The Labute approximate surface area is 147 Å². The number of carbonyl (C=O) groups excluding carboxylic acids is 4. The average Bonchev–Trinajstić information content (AvgIpc) is 2.63. The lowest BCUT2D eigenvalue weighted by atomic mass is 9.83. The fourth-order valence-electron chi connectivity index (χ4n) is 2.58. The van der Waals surface area contributed by atoms with Crippen molar-refractivity contribution in [3.63, 3.8) is 0 Å². The fraction of sp³-hybridized carbons (Fsp3) is 0.111. The van der Waals surface area contributed by atoms with Gasteiger partial charge in [-0.15, -0.1) is 0 Å². The molecule has 0 atom stereocenters. The summed E-state index contributed by atoms with van der Waals surface area (Å²) in [5, 5.41) is 2.15. The summed E-state index contributed by atoms with van der Waals surface area (Å²) < 4.78 is 4.85. The number of ketones is 2. The summed E-state index contributed by atoms with van der Waals surface area (Å²) in [5.74, 6) is -2.10. The van der Waals surface area contributed by atoms with Crippen molar-refractivity contribution in [2.24, 2.45) is 0 Å². The van der Waals surface area contributed by atoms with Gasteiger partial charge in [-0.25, -0.2) is 4.79 Å². The van der Waals surface area contributed by atoms with Crippen LogP contribution in [0.5, 0.6) is 0 Å². The number of hydrogen-bond acceptors (Lipinski definition) is 5. The van der Waals surface area contributed by atoms with E-state index in [-0.39, 0.29) is 33.1 Å². The fourth-order valence-corrected chi connectivity index (χ4v) is 2.91. The van der Waals surface area contributed by atoms with Crippen LogP contribution in [0.3, 0.4) is 0 Å². The molecule has 0 heterocycles. The van der Waals surface area contributed by atoms with Crippen LogP contribution in [0.15, 0.2) is 36.4 Å². The Morgan fingerprint density at radius 3 is 2.28 bits per heavy atom. The van der Waals surface area contributed by atoms with Gasteiger partial charge in [-0.05, 0) is 12.1 Å². The number of halogens is 1. The van der Waals surface area contributed by atoms with Crippen LogP contribution in [0.2, 0.25) is 5.02 Å². The van der Waals surface area contributed by atoms with Crippen LogP contribution in [0.1, 0.15) is 42.2 Å². The molecule has 0 saturated carbocycles. The summed E-state index contributed by atoms with van der Waals surface area (Å²) in [6.07, 6.45) is 0. The molecule has 7 heteroatoms. The Bertz CT molecular complexity index is 935. The van der Waals surface area contributed by atoms with Crippen molar-refractivity contribution in [2.45, 2.75) is 0 Å². The monoisotopic (exact) mass is 357 g/mol. The van der Waals surface area contributed by atoms with Gasteiger partial charge in [0, 0.05) is 23.7 Å². The van der Waals surface area contributed by atoms with Crippen LogP contribution in [0, 0.1) is 0 Å². The van der Waals surface area contributed by atoms with E-state index in [9.17, 15) is 19.2 Å². The second-order valence-electron chi connectivity index (χ2n) is 5.30. The molecule has 126 valence electrons. The maximum atomic E-state index is 12.7. The maximum Gasteiger partial charge on any atom is 0.340 e. The van der Waals surface area contributed by atoms with Crippen molar-refractivity contribution in [3.05, 3.63) is 69.2 Å². The molecule has 0 fully saturated rings. The number of likely N-dealkylation sites (N-methyl/N-ethyl adjacent to an activating group) is 1. The van der Waals surface area contributed by atoms with Crippen molar-refractivity contribution < 1.29 is 23.9 Å². The van der Waals surface area contributed by atoms with Gasteiger partial charge in [0.15, 0.2) is 18.2 Å². The number of hydrogen-bond donors (Lipinski definition) is 1. The maximum absolute atomic E-state index is 12.7. The average molecular weight is 358 g/mol. The molecular formula is C18H12ClNO5. The molecule has 1 N–H and O–H groups in total. The first-order valence-corrected chi connectivity index (χ1v) is 7.72. The van der Waals surface area contributed by atoms with Crippen LogP contribution in [0.4, 0.5) is 0 Å². The lowest BCUT2D eigenvalue weighted by Gasteiger charge is -2.19. The van der Waals surface area contributed by atoms with Crippen molar-refractivity contribution in [2.75, 3.05) is 13.7 Å². The highest BCUT2D eigenvalue weighted by atomic mass is 35.5. The second-order valence-corrected chi connectivity index (χ2v) is 5.68. The smallest absolute Gasteiger partial charge is 0.340 e. The normalized spacial score (nSPS) is 12.2. The molecule has 0 aliphatic heterocycles. The van der Waals surface area contributed by atoms with Gasteiger partial charge in [0.2, 0.25) is 0 Å². The zero-order valence-corrected chi connectivity index (χ0v) is 13.8. The lowest BCUT2D eigenvalue weighted by molar-refractivity contribution is -0.123. The summed E-state index contributed by atoms with van der Waals surface area (Å²) in [7, 11) is 1.41. The molecule has 0 unspecified atom stereocenters. The molecule has 1 aliphatic rings. The van der Waals surface area contributed by atoms with Crippen LogP contribution in [-0.4, -0.2) is 37.1 Å². The number of ether oxygens (including phenoxy) is 1. The number of esters is 1. The predicted molar refractivity (Wildman–Crippen MR) is 89.1 cm³/mol. The summed E-state index contributed by atoms with van der Waals surface area (Å²) in [4.78, 5) is 48.6. The zero-order chi connectivity index (χ0) is 18.1. The summed E-state index contributed by atoms with van der Waals surface area (Å²) in [6, 6.07) is 9.09. The molecule has 1 aliphatic carbocycles. The van der Waals surface area contributed by atoms with E-state index in [1.54, 1.807) is 18.2 Å². The largest absolute Gasteiger partial charge is 0.452 e. The Kier molecular flexibility index (Phi) is 4.37. The van der Waals surface area contributed by atoms with E-state index < -0.39 is 24.3 Å². The Morgan fingerprint density at radius 1 is 1.00 bits per heavy atom. The van der Waals surface area contributed by atoms with Gasteiger partial charge >= 0.3 is 5.97 Å². The first kappa shape index (κ1) is 16.9. The van der Waals surface area contributed by atoms with Gasteiger partial charge < -0.3 is 10.1 Å². The molecule has 0 bridgehead atoms. The molecule has 6 nitrogen and oxygen atoms in total. The zero-order valence-electron chi connectivity index (χ0n) is 13.1. The molecular weight excluding hydrogens is 346 g/mol. The number of benzene rings is 2. The third-order valence-electron chi connectivity index (χ3n) is 3.86. The highest BCUT2D eigenvalue weighted by Gasteiger charge is 2.33.